The molecule has 0 fully saturated rings. The number of carbonyl (C=O) groups excluding carboxylic acids is 4. The summed E-state index contributed by atoms with van der Waals surface area (Å²) >= 11 is 3.38. The fraction of sp³-hybridized carbons (Fsp3) is 0.760. The number of aliphatic carboxylic acids is 2. The molecule has 39 heavy (non-hydrogen) atoms. The average Bonchev–Trinajstić information content (AvgIpc) is 2.81. The number of halogens is 1. The maximum absolute atomic E-state index is 13.0. The van der Waals surface area contributed by atoms with Gasteiger partial charge in [0.15, 0.2) is 6.54 Å². The first-order chi connectivity index (χ1) is 17.8. The van der Waals surface area contributed by atoms with Crippen LogP contribution in [0.15, 0.2) is 0 Å². The maximum atomic E-state index is 13.0. The molecule has 0 aliphatic heterocycles. The minimum Gasteiger partial charge on any atom is -0.481 e. The summed E-state index contributed by atoms with van der Waals surface area (Å²) in [5.41, 5.74) is -1.00. The van der Waals surface area contributed by atoms with Gasteiger partial charge in [-0.3, -0.25) is 24.0 Å². The highest BCUT2D eigenvalue weighted by Crippen LogP contribution is 2.33. The van der Waals surface area contributed by atoms with E-state index < -0.39 is 51.4 Å². The number of nitrogens with one attached hydrogen (secondary N) is 1. The highest BCUT2D eigenvalue weighted by Gasteiger charge is 2.38. The second-order valence-electron chi connectivity index (χ2n) is 10.8. The third-order valence-corrected chi connectivity index (χ3v) is 6.67. The van der Waals surface area contributed by atoms with E-state index in [-0.39, 0.29) is 62.9 Å². The van der Waals surface area contributed by atoms with E-state index in [0.29, 0.717) is 6.54 Å². The fourth-order valence-electron chi connectivity index (χ4n) is 3.59. The number of nitrogens with zero attached hydrogens (tertiary/aromatic N) is 1. The standard InChI is InChI=1S/C25H41BrN2O11/c1-24(2,22(35)37-6)15-17(21(34)27-11-13-38-20(33)8-7-18(29)30)9-10-25(3,26)23(36)39-14-12-28(4,5)16-19(31)32/h17H,7-16H2,1-6H3,(H2-,27,29,30,31,32,34)/p+1. The second kappa shape index (κ2) is 16.4. The van der Waals surface area contributed by atoms with Crippen LogP contribution >= 0.6 is 15.9 Å². The van der Waals surface area contributed by atoms with Crippen LogP contribution in [0, 0.1) is 11.3 Å². The van der Waals surface area contributed by atoms with E-state index in [2.05, 4.69) is 21.2 Å². The van der Waals surface area contributed by atoms with Gasteiger partial charge in [-0.2, -0.15) is 0 Å². The van der Waals surface area contributed by atoms with Crippen molar-refractivity contribution in [3.05, 3.63) is 0 Å². The SMILES string of the molecule is COC(=O)C(C)(C)CC(CCC(C)(Br)C(=O)OCC[N+](C)(C)CC(=O)O)C(=O)NCCOC(=O)CCC(=O)O. The van der Waals surface area contributed by atoms with E-state index in [0.717, 1.165) is 0 Å². The Bertz CT molecular complexity index is 887. The predicted molar refractivity (Wildman–Crippen MR) is 142 cm³/mol. The lowest BCUT2D eigenvalue weighted by Crippen LogP contribution is -2.46. The molecule has 0 aromatic carbocycles. The number of hydrogen-bond donors (Lipinski definition) is 3. The van der Waals surface area contributed by atoms with Gasteiger partial charge in [-0.25, -0.2) is 4.79 Å². The third-order valence-electron chi connectivity index (χ3n) is 5.95. The molecule has 0 aromatic heterocycles. The highest BCUT2D eigenvalue weighted by atomic mass is 79.9. The summed E-state index contributed by atoms with van der Waals surface area (Å²) in [5, 5.41) is 20.2. The van der Waals surface area contributed by atoms with Crippen molar-refractivity contribution >= 4 is 51.7 Å². The first kappa shape index (κ1) is 36.3. The monoisotopic (exact) mass is 625 g/mol. The van der Waals surface area contributed by atoms with Gasteiger partial charge in [0.2, 0.25) is 5.91 Å². The Kier molecular flexibility index (Phi) is 15.2. The zero-order chi connectivity index (χ0) is 30.4. The molecule has 0 radical (unpaired) electrons. The minimum absolute atomic E-state index is 0.00474. The van der Waals surface area contributed by atoms with Crippen molar-refractivity contribution in [1.82, 2.24) is 5.32 Å². The number of esters is 3. The average molecular weight is 627 g/mol. The molecule has 0 spiro atoms. The maximum Gasteiger partial charge on any atom is 0.359 e. The third kappa shape index (κ3) is 15.4. The number of alkyl halides is 1. The van der Waals surface area contributed by atoms with Crippen LogP contribution in [0.4, 0.5) is 0 Å². The molecule has 0 saturated heterocycles. The van der Waals surface area contributed by atoms with Crippen LogP contribution in [0.5, 0.6) is 0 Å². The number of ether oxygens (including phenoxy) is 3. The predicted octanol–water partition coefficient (Wildman–Crippen LogP) is 1.35. The molecule has 0 heterocycles. The molecule has 0 saturated carbocycles. The fourth-order valence-corrected chi connectivity index (χ4v) is 3.94. The van der Waals surface area contributed by atoms with Crippen molar-refractivity contribution in [3.8, 4) is 0 Å². The molecule has 2 unspecified atom stereocenters. The van der Waals surface area contributed by atoms with Gasteiger partial charge in [0.1, 0.15) is 24.1 Å². The Hall–Kier alpha value is -2.74. The molecule has 0 bridgehead atoms. The Balaban J connectivity index is 5.14. The Labute approximate surface area is 237 Å². The number of carbonyl (C=O) groups is 6. The van der Waals surface area contributed by atoms with Crippen molar-refractivity contribution in [3.63, 3.8) is 0 Å². The molecule has 2 atom stereocenters. The molecular formula is C25H42BrN2O11+. The summed E-state index contributed by atoms with van der Waals surface area (Å²) in [4.78, 5) is 71.0. The summed E-state index contributed by atoms with van der Waals surface area (Å²) in [5.74, 6) is -5.00. The van der Waals surface area contributed by atoms with Gasteiger partial charge in [-0.15, -0.1) is 0 Å². The first-order valence-corrected chi connectivity index (χ1v) is 13.3. The normalized spacial score (nSPS) is 13.9. The first-order valence-electron chi connectivity index (χ1n) is 12.5. The van der Waals surface area contributed by atoms with Gasteiger partial charge in [0.25, 0.3) is 0 Å². The van der Waals surface area contributed by atoms with Gasteiger partial charge in [0.05, 0.1) is 46.0 Å². The lowest BCUT2D eigenvalue weighted by atomic mass is 9.79. The second-order valence-corrected chi connectivity index (χ2v) is 12.5. The molecule has 1 amide bonds. The van der Waals surface area contributed by atoms with E-state index in [1.165, 1.54) is 7.11 Å². The van der Waals surface area contributed by atoms with Crippen molar-refractivity contribution < 1.29 is 57.7 Å². The van der Waals surface area contributed by atoms with Crippen LogP contribution in [0.3, 0.4) is 0 Å². The van der Waals surface area contributed by atoms with E-state index in [9.17, 15) is 28.8 Å². The Morgan fingerprint density at radius 2 is 1.54 bits per heavy atom. The van der Waals surface area contributed by atoms with Crippen LogP contribution in [0.25, 0.3) is 0 Å². The molecular weight excluding hydrogens is 584 g/mol. The number of amides is 1. The van der Waals surface area contributed by atoms with Crippen LogP contribution in [-0.2, 0) is 43.0 Å². The quantitative estimate of drug-likeness (QED) is 0.0619. The number of quaternary nitrogens is 1. The largest absolute Gasteiger partial charge is 0.481 e. The van der Waals surface area contributed by atoms with Crippen LogP contribution in [0.2, 0.25) is 0 Å². The van der Waals surface area contributed by atoms with Crippen LogP contribution in [0.1, 0.15) is 52.9 Å². The smallest absolute Gasteiger partial charge is 0.359 e. The highest BCUT2D eigenvalue weighted by molar-refractivity contribution is 9.10. The van der Waals surface area contributed by atoms with Crippen LogP contribution in [-0.4, -0.2) is 109 Å². The summed E-state index contributed by atoms with van der Waals surface area (Å²) in [7, 11) is 4.66. The van der Waals surface area contributed by atoms with Crippen LogP contribution < -0.4 is 5.32 Å². The van der Waals surface area contributed by atoms with Crippen molar-refractivity contribution in [2.45, 2.75) is 57.2 Å². The molecule has 0 aliphatic rings. The molecule has 0 aromatic rings. The number of carboxylic acid groups (broad SMARTS) is 2. The van der Waals surface area contributed by atoms with E-state index in [1.54, 1.807) is 34.9 Å². The lowest BCUT2D eigenvalue weighted by Gasteiger charge is -2.30. The molecule has 0 aliphatic carbocycles. The lowest BCUT2D eigenvalue weighted by molar-refractivity contribution is -0.883. The van der Waals surface area contributed by atoms with E-state index in [4.69, 9.17) is 24.4 Å². The van der Waals surface area contributed by atoms with Gasteiger partial charge in [-0.05, 0) is 40.0 Å². The molecule has 0 rings (SSSR count). The van der Waals surface area contributed by atoms with Crippen molar-refractivity contribution in [1.29, 1.82) is 0 Å². The molecule has 224 valence electrons. The zero-order valence-corrected chi connectivity index (χ0v) is 25.1. The van der Waals surface area contributed by atoms with Crippen molar-refractivity contribution in [2.24, 2.45) is 11.3 Å². The van der Waals surface area contributed by atoms with Gasteiger partial charge < -0.3 is 34.2 Å². The molecule has 13 nitrogen and oxygen atoms in total. The summed E-state index contributed by atoms with van der Waals surface area (Å²) in [6, 6.07) is 0. The Morgan fingerprint density at radius 3 is 2.08 bits per heavy atom. The number of carboxylic acids is 2. The number of likely N-dealkylation sites (N-methyl/N-ethyl adjacent to an activating group) is 1. The van der Waals surface area contributed by atoms with Gasteiger partial charge in [-0.1, -0.05) is 15.9 Å². The summed E-state index contributed by atoms with van der Waals surface area (Å²) in [6.45, 7) is 4.87. The number of hydrogen-bond acceptors (Lipinski definition) is 9. The topological polar surface area (TPSA) is 183 Å². The summed E-state index contributed by atoms with van der Waals surface area (Å²) < 4.78 is 14.1. The number of rotatable bonds is 19. The van der Waals surface area contributed by atoms with E-state index >= 15 is 0 Å². The summed E-state index contributed by atoms with van der Waals surface area (Å²) in [6.07, 6.45) is -0.151. The zero-order valence-electron chi connectivity index (χ0n) is 23.5. The van der Waals surface area contributed by atoms with Gasteiger partial charge >= 0.3 is 29.8 Å². The molecule has 14 heteroatoms. The van der Waals surface area contributed by atoms with Crippen molar-refractivity contribution in [2.75, 3.05) is 54.1 Å². The minimum atomic E-state index is -1.15. The number of methoxy groups -OCH3 is 1. The Morgan fingerprint density at radius 1 is 0.923 bits per heavy atom. The van der Waals surface area contributed by atoms with Gasteiger partial charge in [0, 0.05) is 5.92 Å². The molecule has 3 N–H and O–H groups in total. The van der Waals surface area contributed by atoms with E-state index in [1.807, 2.05) is 0 Å².